The third-order valence-corrected chi connectivity index (χ3v) is 1.63. The highest BCUT2D eigenvalue weighted by Crippen LogP contribution is 2.15. The van der Waals surface area contributed by atoms with Crippen molar-refractivity contribution in [2.45, 2.75) is 6.18 Å². The number of rotatable bonds is 6. The van der Waals surface area contributed by atoms with E-state index in [0.29, 0.717) is 5.57 Å². The van der Waals surface area contributed by atoms with Gasteiger partial charge in [0.25, 0.3) is 0 Å². The second-order valence-corrected chi connectivity index (χ2v) is 2.92. The van der Waals surface area contributed by atoms with Crippen molar-refractivity contribution in [2.24, 2.45) is 0 Å². The molecule has 0 bridgehead atoms. The molecule has 0 saturated heterocycles. The maximum absolute atomic E-state index is 11.7. The lowest BCUT2D eigenvalue weighted by molar-refractivity contribution is -0.171. The molecule has 6 heteroatoms. The lowest BCUT2D eigenvalue weighted by Gasteiger charge is -2.08. The summed E-state index contributed by atoms with van der Waals surface area (Å²) in [6, 6.07) is 0. The van der Waals surface area contributed by atoms with Crippen LogP contribution in [0.1, 0.15) is 0 Å². The van der Waals surface area contributed by atoms with Gasteiger partial charge in [-0.2, -0.15) is 13.2 Å². The predicted octanol–water partition coefficient (Wildman–Crippen LogP) is 3.26. The summed E-state index contributed by atoms with van der Waals surface area (Å²) in [6.07, 6.45) is -0.305. The van der Waals surface area contributed by atoms with E-state index in [4.69, 9.17) is 11.6 Å². The minimum atomic E-state index is -4.34. The van der Waals surface area contributed by atoms with E-state index in [1.807, 2.05) is 0 Å². The monoisotopic (exact) mass is 246 g/mol. The van der Waals surface area contributed by atoms with Crippen molar-refractivity contribution in [3.8, 4) is 0 Å². The standard InChI is InChI=1S/C9H11ClF4O/c10-5-8(3-1-2-4-11)6-15-7-9(12,13)14/h1-3H,4-7H2/b2-1?,8-3+. The number of ether oxygens (including phenoxy) is 1. The highest BCUT2D eigenvalue weighted by atomic mass is 35.5. The molecule has 0 amide bonds. The molecule has 0 heterocycles. The Labute approximate surface area is 90.4 Å². The van der Waals surface area contributed by atoms with Gasteiger partial charge < -0.3 is 4.74 Å². The van der Waals surface area contributed by atoms with E-state index in [0.717, 1.165) is 0 Å². The molecule has 0 spiro atoms. The quantitative estimate of drug-likeness (QED) is 0.397. The van der Waals surface area contributed by atoms with Crippen LogP contribution < -0.4 is 0 Å². The van der Waals surface area contributed by atoms with Gasteiger partial charge in [-0.15, -0.1) is 11.6 Å². The van der Waals surface area contributed by atoms with E-state index >= 15 is 0 Å². The topological polar surface area (TPSA) is 9.23 Å². The Hall–Kier alpha value is -0.550. The Kier molecular flexibility index (Phi) is 7.42. The van der Waals surface area contributed by atoms with Crippen molar-refractivity contribution in [1.29, 1.82) is 0 Å². The summed E-state index contributed by atoms with van der Waals surface area (Å²) in [7, 11) is 0. The first-order valence-corrected chi connectivity index (χ1v) is 4.64. The lowest BCUT2D eigenvalue weighted by Crippen LogP contribution is -2.18. The van der Waals surface area contributed by atoms with Crippen LogP contribution in [0, 0.1) is 0 Å². The highest BCUT2D eigenvalue weighted by Gasteiger charge is 2.27. The molecule has 0 aliphatic carbocycles. The summed E-state index contributed by atoms with van der Waals surface area (Å²) in [5, 5.41) is 0. The molecule has 0 unspecified atom stereocenters. The third kappa shape index (κ3) is 9.75. The molecule has 15 heavy (non-hydrogen) atoms. The van der Waals surface area contributed by atoms with Crippen LogP contribution in [0.15, 0.2) is 23.8 Å². The number of alkyl halides is 5. The molecule has 0 aromatic carbocycles. The Morgan fingerprint density at radius 2 is 2.00 bits per heavy atom. The molecule has 0 rings (SSSR count). The molecule has 88 valence electrons. The van der Waals surface area contributed by atoms with Crippen LogP contribution in [0.25, 0.3) is 0 Å². The summed E-state index contributed by atoms with van der Waals surface area (Å²) in [5.41, 5.74) is 0.464. The average Bonchev–Trinajstić information content (AvgIpc) is 2.14. The van der Waals surface area contributed by atoms with E-state index in [9.17, 15) is 17.6 Å². The molecule has 1 nitrogen and oxygen atoms in total. The first-order valence-electron chi connectivity index (χ1n) is 4.10. The van der Waals surface area contributed by atoms with Gasteiger partial charge >= 0.3 is 6.18 Å². The second kappa shape index (κ2) is 7.70. The van der Waals surface area contributed by atoms with Crippen LogP contribution in [0.2, 0.25) is 0 Å². The van der Waals surface area contributed by atoms with Gasteiger partial charge in [0.05, 0.1) is 6.61 Å². The minimum Gasteiger partial charge on any atom is -0.368 e. The maximum atomic E-state index is 11.7. The van der Waals surface area contributed by atoms with Gasteiger partial charge in [0.15, 0.2) is 0 Å². The zero-order valence-electron chi connectivity index (χ0n) is 7.86. The fraction of sp³-hybridized carbons (Fsp3) is 0.556. The SMILES string of the molecule is FCC=C/C=C(\CCl)COCC(F)(F)F. The minimum absolute atomic E-state index is 0.0501. The molecule has 0 aliphatic heterocycles. The maximum Gasteiger partial charge on any atom is 0.411 e. The molecular weight excluding hydrogens is 236 g/mol. The van der Waals surface area contributed by atoms with E-state index in [2.05, 4.69) is 4.74 Å². The van der Waals surface area contributed by atoms with E-state index in [1.54, 1.807) is 0 Å². The zero-order chi connectivity index (χ0) is 11.7. The molecule has 0 N–H and O–H groups in total. The summed E-state index contributed by atoms with van der Waals surface area (Å²) in [4.78, 5) is 0. The third-order valence-electron chi connectivity index (χ3n) is 1.28. The van der Waals surface area contributed by atoms with Gasteiger partial charge in [0.1, 0.15) is 13.3 Å². The van der Waals surface area contributed by atoms with Gasteiger partial charge in [0.2, 0.25) is 0 Å². The normalized spacial score (nSPS) is 13.8. The number of hydrogen-bond donors (Lipinski definition) is 0. The first kappa shape index (κ1) is 14.5. The van der Waals surface area contributed by atoms with Crippen molar-refractivity contribution in [3.63, 3.8) is 0 Å². The van der Waals surface area contributed by atoms with E-state index in [-0.39, 0.29) is 12.5 Å². The van der Waals surface area contributed by atoms with Crippen molar-refractivity contribution < 1.29 is 22.3 Å². The number of hydrogen-bond acceptors (Lipinski definition) is 1. The van der Waals surface area contributed by atoms with Gasteiger partial charge in [-0.1, -0.05) is 18.2 Å². The van der Waals surface area contributed by atoms with Crippen LogP contribution in [0.4, 0.5) is 17.6 Å². The van der Waals surface area contributed by atoms with Crippen LogP contribution >= 0.6 is 11.6 Å². The van der Waals surface area contributed by atoms with Crippen molar-refractivity contribution in [1.82, 2.24) is 0 Å². The molecule has 0 aromatic rings. The van der Waals surface area contributed by atoms with Crippen molar-refractivity contribution in [2.75, 3.05) is 25.8 Å². The summed E-state index contributed by atoms with van der Waals surface area (Å²) < 4.78 is 51.0. The summed E-state index contributed by atoms with van der Waals surface area (Å²) in [6.45, 7) is -2.15. The van der Waals surface area contributed by atoms with Crippen molar-refractivity contribution >= 4 is 11.6 Å². The fourth-order valence-electron chi connectivity index (χ4n) is 0.685. The molecule has 0 fully saturated rings. The Morgan fingerprint density at radius 1 is 1.33 bits per heavy atom. The zero-order valence-corrected chi connectivity index (χ0v) is 8.61. The smallest absolute Gasteiger partial charge is 0.368 e. The molecule has 0 aliphatic rings. The van der Waals surface area contributed by atoms with Crippen molar-refractivity contribution in [3.05, 3.63) is 23.8 Å². The summed E-state index contributed by atoms with van der Waals surface area (Å²) >= 11 is 5.44. The van der Waals surface area contributed by atoms with Crippen LogP contribution in [-0.2, 0) is 4.74 Å². The van der Waals surface area contributed by atoms with Crippen LogP contribution in [-0.4, -0.2) is 31.9 Å². The van der Waals surface area contributed by atoms with Gasteiger partial charge in [-0.3, -0.25) is 0 Å². The Balaban J connectivity index is 3.90. The highest BCUT2D eigenvalue weighted by molar-refractivity contribution is 6.19. The van der Waals surface area contributed by atoms with Crippen LogP contribution in [0.3, 0.4) is 0 Å². The fourth-order valence-corrected chi connectivity index (χ4v) is 0.851. The largest absolute Gasteiger partial charge is 0.411 e. The molecular formula is C9H11ClF4O. The second-order valence-electron chi connectivity index (χ2n) is 2.65. The average molecular weight is 247 g/mol. The molecule has 0 atom stereocenters. The molecule has 0 radical (unpaired) electrons. The van der Waals surface area contributed by atoms with Gasteiger partial charge in [0, 0.05) is 5.88 Å². The Bertz CT molecular complexity index is 223. The molecule has 0 saturated carbocycles. The molecule has 0 aromatic heterocycles. The Morgan fingerprint density at radius 3 is 2.47 bits per heavy atom. The van der Waals surface area contributed by atoms with E-state index < -0.39 is 19.5 Å². The lowest BCUT2D eigenvalue weighted by atomic mass is 10.3. The van der Waals surface area contributed by atoms with Crippen LogP contribution in [0.5, 0.6) is 0 Å². The summed E-state index contributed by atoms with van der Waals surface area (Å²) in [5.74, 6) is 0.0501. The first-order chi connectivity index (χ1) is 6.99. The van der Waals surface area contributed by atoms with Gasteiger partial charge in [-0.25, -0.2) is 4.39 Å². The predicted molar refractivity (Wildman–Crippen MR) is 50.8 cm³/mol. The van der Waals surface area contributed by atoms with E-state index in [1.165, 1.54) is 18.2 Å². The number of allylic oxidation sites excluding steroid dienone is 3. The van der Waals surface area contributed by atoms with Gasteiger partial charge in [-0.05, 0) is 5.57 Å². The number of halogens is 5.